The lowest BCUT2D eigenvalue weighted by atomic mass is 9.82. The molecule has 0 saturated heterocycles. The highest BCUT2D eigenvalue weighted by molar-refractivity contribution is 6.00. The Morgan fingerprint density at radius 1 is 0.419 bits per heavy atom. The van der Waals surface area contributed by atoms with Crippen LogP contribution in [0.4, 0.5) is 11.4 Å². The van der Waals surface area contributed by atoms with Gasteiger partial charge in [0.1, 0.15) is 49.2 Å². The fraction of sp³-hybridized carbons (Fsp3) is 0.375. The van der Waals surface area contributed by atoms with Crippen LogP contribution in [0.5, 0.6) is 23.0 Å². The molecule has 10 aliphatic heterocycles. The van der Waals surface area contributed by atoms with Crippen molar-refractivity contribution >= 4 is 34.5 Å². The second kappa shape index (κ2) is 17.2. The van der Waals surface area contributed by atoms with E-state index in [2.05, 4.69) is 43.2 Å². The van der Waals surface area contributed by atoms with Gasteiger partial charge in [0.25, 0.3) is 0 Å². The molecule has 10 nitrogen and oxygen atoms in total. The predicted octanol–water partition coefficient (Wildman–Crippen LogP) is 4.97. The number of hydrogen-bond donors (Lipinski definition) is 0. The molecule has 0 aromatic heterocycles. The highest BCUT2D eigenvalue weighted by Gasteiger charge is 2.39. The van der Waals surface area contributed by atoms with Gasteiger partial charge in [-0.3, -0.25) is 0 Å². The van der Waals surface area contributed by atoms with E-state index in [1.807, 2.05) is 24.3 Å². The third-order valence-electron chi connectivity index (χ3n) is 18.2. The summed E-state index contributed by atoms with van der Waals surface area (Å²) >= 11 is 0. The molecule has 0 bridgehead atoms. The van der Waals surface area contributed by atoms with E-state index < -0.39 is 11.9 Å². The summed E-state index contributed by atoms with van der Waals surface area (Å²) in [5, 5.41) is 29.5. The van der Waals surface area contributed by atoms with Crippen LogP contribution >= 0.6 is 0 Å². The quantitative estimate of drug-likeness (QED) is 0.228. The molecule has 372 valence electrons. The smallest absolute Gasteiger partial charge is 0.210 e. The number of aromatic carboxylic acids is 2. The highest BCUT2D eigenvalue weighted by Crippen LogP contribution is 2.51. The maximum Gasteiger partial charge on any atom is 0.210 e. The largest absolute Gasteiger partial charge is 0.545 e. The van der Waals surface area contributed by atoms with Crippen molar-refractivity contribution in [2.24, 2.45) is 0 Å². The van der Waals surface area contributed by atoms with E-state index in [9.17, 15) is 19.8 Å². The van der Waals surface area contributed by atoms with Gasteiger partial charge in [0.2, 0.25) is 10.7 Å². The number of rotatable bonds is 4. The van der Waals surface area contributed by atoms with Crippen LogP contribution in [-0.2, 0) is 51.4 Å². The minimum absolute atomic E-state index is 0.247. The number of nitrogens with zero attached hydrogens (tertiary/aromatic N) is 4. The molecule has 74 heavy (non-hydrogen) atoms. The Balaban J connectivity index is 0.000000131. The average molecular weight is 981 g/mol. The Labute approximate surface area is 430 Å². The van der Waals surface area contributed by atoms with Gasteiger partial charge >= 0.3 is 0 Å². The Morgan fingerprint density at radius 3 is 1.23 bits per heavy atom. The fourth-order valence-electron chi connectivity index (χ4n) is 15.4. The summed E-state index contributed by atoms with van der Waals surface area (Å²) in [7, 11) is 0. The first-order chi connectivity index (χ1) is 36.4. The number of hydrogen-bond acceptors (Lipinski definition) is 8. The van der Waals surface area contributed by atoms with Crippen molar-refractivity contribution in [3.05, 3.63) is 172 Å². The summed E-state index contributed by atoms with van der Waals surface area (Å²) in [6, 6.07) is 24.0. The molecule has 0 radical (unpaired) electrons. The van der Waals surface area contributed by atoms with Crippen LogP contribution in [-0.4, -0.2) is 64.3 Å². The van der Waals surface area contributed by atoms with Gasteiger partial charge in [0.05, 0.1) is 23.1 Å². The van der Waals surface area contributed by atoms with Crippen LogP contribution in [0.25, 0.3) is 11.1 Å². The van der Waals surface area contributed by atoms with Crippen LogP contribution < -0.4 is 59.8 Å². The summed E-state index contributed by atoms with van der Waals surface area (Å²) < 4.78 is 19.2. The van der Waals surface area contributed by atoms with E-state index >= 15 is 0 Å². The first kappa shape index (κ1) is 44.3. The van der Waals surface area contributed by atoms with Crippen LogP contribution in [0.15, 0.2) is 72.8 Å². The molecular weight excluding hydrogens is 921 g/mol. The maximum atomic E-state index is 12.3. The van der Waals surface area contributed by atoms with Crippen molar-refractivity contribution < 1.29 is 29.3 Å². The van der Waals surface area contributed by atoms with Gasteiger partial charge < -0.3 is 39.1 Å². The molecule has 10 heteroatoms. The first-order valence-corrected chi connectivity index (χ1v) is 27.8. The molecule has 0 unspecified atom stereocenters. The molecule has 0 saturated carbocycles. The summed E-state index contributed by atoms with van der Waals surface area (Å²) in [4.78, 5) is 29.8. The third kappa shape index (κ3) is 6.67. The van der Waals surface area contributed by atoms with Crippen molar-refractivity contribution in [3.63, 3.8) is 0 Å². The molecule has 6 aromatic carbocycles. The number of anilines is 2. The minimum Gasteiger partial charge on any atom is -0.545 e. The zero-order valence-corrected chi connectivity index (χ0v) is 42.1. The third-order valence-corrected chi connectivity index (χ3v) is 18.2. The Bertz CT molecular complexity index is 3540. The Hall–Kier alpha value is -7.20. The van der Waals surface area contributed by atoms with Gasteiger partial charge in [-0.2, -0.15) is 0 Å². The monoisotopic (exact) mass is 980 g/mol. The van der Waals surface area contributed by atoms with E-state index in [0.717, 1.165) is 222 Å². The van der Waals surface area contributed by atoms with Gasteiger partial charge in [-0.15, -0.1) is 0 Å². The second-order valence-corrected chi connectivity index (χ2v) is 22.4. The number of ether oxygens (including phenoxy) is 2. The lowest BCUT2D eigenvalue weighted by Gasteiger charge is -2.39. The topological polar surface area (TPSA) is 111 Å². The molecule has 0 spiro atoms. The van der Waals surface area contributed by atoms with Crippen LogP contribution in [0.3, 0.4) is 0 Å². The number of aryl methyl sites for hydroxylation is 4. The predicted molar refractivity (Wildman–Crippen MR) is 282 cm³/mol. The summed E-state index contributed by atoms with van der Waals surface area (Å²) in [6.45, 7) is 8.83. The van der Waals surface area contributed by atoms with E-state index in [4.69, 9.17) is 9.47 Å². The zero-order chi connectivity index (χ0) is 49.3. The number of carbonyl (C=O) groups is 2. The summed E-state index contributed by atoms with van der Waals surface area (Å²) in [6.07, 6.45) is 17.3. The van der Waals surface area contributed by atoms with Gasteiger partial charge in [-0.1, -0.05) is 48.5 Å². The molecule has 10 heterocycles. The molecule has 16 rings (SSSR count). The molecule has 0 N–H and O–H groups in total. The van der Waals surface area contributed by atoms with E-state index in [1.165, 1.54) is 66.6 Å². The molecule has 0 aliphatic carbocycles. The molecule has 6 aromatic rings. The SMILES string of the molecule is O=C([O-])c1ccccc1C1=c2cc3c4c(c2Oc2c1cc1c5c2CCCN5CCC1)CCC[N+]=4CCC3.O=C([O-])c1ccccc1C1=c2cc3c4c(c2Oc2c1cc1c5c2CCCN5CCC1)CCC[N+]=4CCC3. The van der Waals surface area contributed by atoms with Gasteiger partial charge in [0, 0.05) is 129 Å². The van der Waals surface area contributed by atoms with E-state index in [-0.39, 0.29) is 11.1 Å². The maximum absolute atomic E-state index is 12.3. The van der Waals surface area contributed by atoms with Crippen molar-refractivity contribution in [2.75, 3.05) is 62.2 Å². The minimum atomic E-state index is -1.13. The lowest BCUT2D eigenvalue weighted by Crippen LogP contribution is -2.45. The zero-order valence-electron chi connectivity index (χ0n) is 42.1. The van der Waals surface area contributed by atoms with Crippen molar-refractivity contribution in [2.45, 2.75) is 103 Å². The number of benzene rings is 6. The molecular formula is C64H60N4O6. The molecule has 0 atom stereocenters. The van der Waals surface area contributed by atoms with Crippen LogP contribution in [0.1, 0.15) is 139 Å². The van der Waals surface area contributed by atoms with Gasteiger partial charge in [-0.25, -0.2) is 9.15 Å². The van der Waals surface area contributed by atoms with Gasteiger partial charge in [0.15, 0.2) is 0 Å². The van der Waals surface area contributed by atoms with E-state index in [1.54, 1.807) is 24.3 Å². The van der Waals surface area contributed by atoms with Crippen molar-refractivity contribution in [3.8, 4) is 23.0 Å². The number of carboxylic acid groups (broad SMARTS) is 2. The van der Waals surface area contributed by atoms with Crippen molar-refractivity contribution in [1.82, 2.24) is 9.15 Å². The van der Waals surface area contributed by atoms with Crippen LogP contribution in [0.2, 0.25) is 0 Å². The average Bonchev–Trinajstić information content (AvgIpc) is 3.43. The highest BCUT2D eigenvalue weighted by atomic mass is 16.5. The fourth-order valence-corrected chi connectivity index (χ4v) is 15.4. The summed E-state index contributed by atoms with van der Waals surface area (Å²) in [5.41, 5.74) is 19.6. The second-order valence-electron chi connectivity index (χ2n) is 22.4. The summed E-state index contributed by atoms with van der Waals surface area (Å²) in [5.74, 6) is 1.54. The Morgan fingerprint density at radius 2 is 0.797 bits per heavy atom. The van der Waals surface area contributed by atoms with Gasteiger partial charge in [-0.05, 0) is 124 Å². The Kier molecular flexibility index (Phi) is 10.3. The molecule has 10 aliphatic rings. The normalized spacial score (nSPS) is 18.9. The first-order valence-electron chi connectivity index (χ1n) is 27.8. The number of fused-ring (bicyclic) bond motifs is 8. The standard InChI is InChI=1S/2C32H30N2O3/c2*35-32(36)22-10-2-1-9-21(22)27-25-17-19-7-3-13-33-15-5-11-23(28(19)33)30(25)37-31-24-12-6-16-34-14-4-8-20(29(24)34)18-26(27)31/h2*1-2,9-10,17-18H,3-8,11-16H2. The number of carbonyl (C=O) groups excluding carboxylic acids is 2. The van der Waals surface area contributed by atoms with Crippen molar-refractivity contribution in [1.29, 1.82) is 0 Å². The molecule has 0 fully saturated rings. The molecule has 0 amide bonds. The number of carboxylic acids is 2. The lowest BCUT2D eigenvalue weighted by molar-refractivity contribution is -0.256. The van der Waals surface area contributed by atoms with E-state index in [0.29, 0.717) is 0 Å². The van der Waals surface area contributed by atoms with Crippen LogP contribution in [0, 0.1) is 0 Å².